The maximum absolute atomic E-state index is 13.4. The molecule has 0 fully saturated rings. The molecule has 0 amide bonds. The second kappa shape index (κ2) is 2.71. The molecule has 0 atom stereocenters. The molecule has 0 radical (unpaired) electrons. The van der Waals surface area contributed by atoms with Crippen molar-refractivity contribution in [3.8, 4) is 6.07 Å². The van der Waals surface area contributed by atoms with Crippen LogP contribution in [-0.4, -0.2) is 10.2 Å². The Bertz CT molecular complexity index is 512. The van der Waals surface area contributed by atoms with Crippen molar-refractivity contribution >= 4 is 22.5 Å². The summed E-state index contributed by atoms with van der Waals surface area (Å²) in [5.74, 6) is -0.626. The maximum Gasteiger partial charge on any atom is 0.161 e. The number of benzene rings is 1. The largest absolute Gasteiger partial charge is 0.276 e. The van der Waals surface area contributed by atoms with E-state index >= 15 is 0 Å². The van der Waals surface area contributed by atoms with Gasteiger partial charge >= 0.3 is 0 Å². The molecule has 64 valence electrons. The quantitative estimate of drug-likeness (QED) is 0.701. The van der Waals surface area contributed by atoms with Gasteiger partial charge in [0.05, 0.1) is 16.5 Å². The number of fused-ring (bicyclic) bond motifs is 1. The summed E-state index contributed by atoms with van der Waals surface area (Å²) in [6, 6.07) is 4.68. The minimum Gasteiger partial charge on any atom is -0.276 e. The summed E-state index contributed by atoms with van der Waals surface area (Å²) in [4.78, 5) is 0. The lowest BCUT2D eigenvalue weighted by atomic mass is 10.1. The Hall–Kier alpha value is -1.60. The molecule has 0 unspecified atom stereocenters. The molecule has 2 aromatic rings. The van der Waals surface area contributed by atoms with Gasteiger partial charge in [0.15, 0.2) is 11.0 Å². The highest BCUT2D eigenvalue weighted by Crippen LogP contribution is 2.25. The molecule has 0 bridgehead atoms. The third-order valence-electron chi connectivity index (χ3n) is 1.74. The highest BCUT2D eigenvalue weighted by Gasteiger charge is 2.12. The monoisotopic (exact) mass is 195 g/mol. The third-order valence-corrected chi connectivity index (χ3v) is 2.02. The van der Waals surface area contributed by atoms with Gasteiger partial charge in [-0.05, 0) is 12.1 Å². The van der Waals surface area contributed by atoms with Crippen molar-refractivity contribution in [2.75, 3.05) is 0 Å². The van der Waals surface area contributed by atoms with Gasteiger partial charge in [-0.1, -0.05) is 11.6 Å². The molecule has 0 aliphatic rings. The van der Waals surface area contributed by atoms with E-state index in [4.69, 9.17) is 16.9 Å². The van der Waals surface area contributed by atoms with Gasteiger partial charge in [0.1, 0.15) is 6.07 Å². The standard InChI is InChI=1S/C8H3ClFN3/c9-8-6-5(12-13-8)2-1-4(3-11)7(6)10/h1-2H,(H,12,13). The Morgan fingerprint density at radius 3 is 3.00 bits per heavy atom. The van der Waals surface area contributed by atoms with Gasteiger partial charge in [-0.2, -0.15) is 10.4 Å². The summed E-state index contributed by atoms with van der Waals surface area (Å²) in [5, 5.41) is 14.9. The van der Waals surface area contributed by atoms with Gasteiger partial charge in [-0.15, -0.1) is 0 Å². The summed E-state index contributed by atoms with van der Waals surface area (Å²) < 4.78 is 13.4. The van der Waals surface area contributed by atoms with E-state index in [1.165, 1.54) is 6.07 Å². The number of hydrogen-bond acceptors (Lipinski definition) is 2. The van der Waals surface area contributed by atoms with Crippen LogP contribution in [0.15, 0.2) is 12.1 Å². The van der Waals surface area contributed by atoms with Crippen molar-refractivity contribution in [2.24, 2.45) is 0 Å². The van der Waals surface area contributed by atoms with E-state index < -0.39 is 5.82 Å². The van der Waals surface area contributed by atoms with Crippen molar-refractivity contribution in [2.45, 2.75) is 0 Å². The number of aromatic nitrogens is 2. The predicted molar refractivity (Wildman–Crippen MR) is 45.8 cm³/mol. The maximum atomic E-state index is 13.4. The fourth-order valence-corrected chi connectivity index (χ4v) is 1.35. The highest BCUT2D eigenvalue weighted by atomic mass is 35.5. The smallest absolute Gasteiger partial charge is 0.161 e. The molecule has 1 heterocycles. The van der Waals surface area contributed by atoms with Crippen molar-refractivity contribution < 1.29 is 4.39 Å². The lowest BCUT2D eigenvalue weighted by Gasteiger charge is -1.93. The first-order valence-electron chi connectivity index (χ1n) is 3.46. The van der Waals surface area contributed by atoms with Crippen LogP contribution in [0.2, 0.25) is 5.15 Å². The Kier molecular flexibility index (Phi) is 1.67. The zero-order chi connectivity index (χ0) is 9.42. The number of nitrogens with zero attached hydrogens (tertiary/aromatic N) is 2. The topological polar surface area (TPSA) is 52.5 Å². The third kappa shape index (κ3) is 1.05. The van der Waals surface area contributed by atoms with Crippen molar-refractivity contribution in [1.82, 2.24) is 10.2 Å². The molecule has 0 spiro atoms. The number of H-pyrrole nitrogens is 1. The first kappa shape index (κ1) is 8.02. The van der Waals surface area contributed by atoms with Crippen molar-refractivity contribution in [1.29, 1.82) is 5.26 Å². The van der Waals surface area contributed by atoms with Crippen LogP contribution >= 0.6 is 11.6 Å². The minimum absolute atomic E-state index is 0.0317. The fourth-order valence-electron chi connectivity index (χ4n) is 1.12. The van der Waals surface area contributed by atoms with E-state index in [1.807, 2.05) is 0 Å². The number of halogens is 2. The van der Waals surface area contributed by atoms with Crippen LogP contribution in [0.5, 0.6) is 0 Å². The fraction of sp³-hybridized carbons (Fsp3) is 0. The second-order valence-corrected chi connectivity index (χ2v) is 2.83. The number of hydrogen-bond donors (Lipinski definition) is 1. The molecule has 1 aromatic heterocycles. The van der Waals surface area contributed by atoms with E-state index in [9.17, 15) is 4.39 Å². The van der Waals surface area contributed by atoms with Gasteiger partial charge in [0.25, 0.3) is 0 Å². The molecule has 0 aliphatic carbocycles. The Morgan fingerprint density at radius 2 is 2.31 bits per heavy atom. The summed E-state index contributed by atoms with van der Waals surface area (Å²) in [7, 11) is 0. The molecule has 13 heavy (non-hydrogen) atoms. The normalized spacial score (nSPS) is 10.2. The molecule has 1 aromatic carbocycles. The minimum atomic E-state index is -0.626. The van der Waals surface area contributed by atoms with E-state index in [2.05, 4.69) is 10.2 Å². The number of nitrogens with one attached hydrogen (secondary N) is 1. The van der Waals surface area contributed by atoms with Crippen LogP contribution in [0.4, 0.5) is 4.39 Å². The van der Waals surface area contributed by atoms with Crippen LogP contribution in [-0.2, 0) is 0 Å². The first-order chi connectivity index (χ1) is 6.24. The van der Waals surface area contributed by atoms with E-state index in [-0.39, 0.29) is 16.1 Å². The number of aromatic amines is 1. The van der Waals surface area contributed by atoms with Crippen LogP contribution in [0.25, 0.3) is 10.9 Å². The van der Waals surface area contributed by atoms with Crippen molar-refractivity contribution in [3.05, 3.63) is 28.7 Å². The van der Waals surface area contributed by atoms with Crippen LogP contribution in [0.3, 0.4) is 0 Å². The zero-order valence-electron chi connectivity index (χ0n) is 6.31. The summed E-state index contributed by atoms with van der Waals surface area (Å²) in [6.07, 6.45) is 0. The lowest BCUT2D eigenvalue weighted by Crippen LogP contribution is -1.83. The second-order valence-electron chi connectivity index (χ2n) is 2.48. The number of nitriles is 1. The molecule has 2 rings (SSSR count). The first-order valence-corrected chi connectivity index (χ1v) is 3.84. The van der Waals surface area contributed by atoms with Crippen LogP contribution < -0.4 is 0 Å². The molecule has 1 N–H and O–H groups in total. The Balaban J connectivity index is 2.93. The van der Waals surface area contributed by atoms with Crippen molar-refractivity contribution in [3.63, 3.8) is 0 Å². The predicted octanol–water partition coefficient (Wildman–Crippen LogP) is 2.23. The Morgan fingerprint density at radius 1 is 1.54 bits per heavy atom. The summed E-state index contributed by atoms with van der Waals surface area (Å²) >= 11 is 5.62. The van der Waals surface area contributed by atoms with Gasteiger partial charge in [-0.3, -0.25) is 5.10 Å². The van der Waals surface area contributed by atoms with Crippen LogP contribution in [0, 0.1) is 17.1 Å². The Labute approximate surface area is 77.7 Å². The molecule has 3 nitrogen and oxygen atoms in total. The van der Waals surface area contributed by atoms with Gasteiger partial charge < -0.3 is 0 Å². The molecular weight excluding hydrogens is 193 g/mol. The molecule has 0 saturated carbocycles. The highest BCUT2D eigenvalue weighted by molar-refractivity contribution is 6.34. The lowest BCUT2D eigenvalue weighted by molar-refractivity contribution is 0.636. The van der Waals surface area contributed by atoms with Gasteiger partial charge in [0, 0.05) is 0 Å². The van der Waals surface area contributed by atoms with E-state index in [1.54, 1.807) is 12.1 Å². The molecule has 0 saturated heterocycles. The number of rotatable bonds is 0. The van der Waals surface area contributed by atoms with E-state index in [0.717, 1.165) is 0 Å². The molecule has 5 heteroatoms. The zero-order valence-corrected chi connectivity index (χ0v) is 7.06. The molecular formula is C8H3ClFN3. The average Bonchev–Trinajstić information content (AvgIpc) is 2.49. The van der Waals surface area contributed by atoms with Gasteiger partial charge in [0.2, 0.25) is 0 Å². The summed E-state index contributed by atoms with van der Waals surface area (Å²) in [6.45, 7) is 0. The summed E-state index contributed by atoms with van der Waals surface area (Å²) in [5.41, 5.74) is 0.456. The SMILES string of the molecule is N#Cc1ccc2[nH]nc(Cl)c2c1F. The van der Waals surface area contributed by atoms with Gasteiger partial charge in [-0.25, -0.2) is 4.39 Å². The molecule has 0 aliphatic heterocycles. The van der Waals surface area contributed by atoms with Crippen LogP contribution in [0.1, 0.15) is 5.56 Å². The van der Waals surface area contributed by atoms with E-state index in [0.29, 0.717) is 5.52 Å². The average molecular weight is 196 g/mol.